The van der Waals surface area contributed by atoms with Crippen molar-refractivity contribution < 1.29 is 4.39 Å². The Kier molecular flexibility index (Phi) is 4.27. The van der Waals surface area contributed by atoms with Crippen molar-refractivity contribution in [1.29, 1.82) is 0 Å². The molecule has 2 aromatic carbocycles. The molecule has 0 bridgehead atoms. The van der Waals surface area contributed by atoms with Crippen LogP contribution >= 0.6 is 11.8 Å². The number of fused-ring (bicyclic) bond motifs is 1. The average Bonchev–Trinajstić information content (AvgIpc) is 2.90. The molecule has 3 rings (SSSR count). The van der Waals surface area contributed by atoms with Gasteiger partial charge in [0.05, 0.1) is 9.92 Å². The van der Waals surface area contributed by atoms with Gasteiger partial charge in [-0.05, 0) is 30.3 Å². The molecule has 3 aromatic rings. The van der Waals surface area contributed by atoms with Gasteiger partial charge < -0.3 is 10.3 Å². The first-order chi connectivity index (χ1) is 10.3. The molecule has 1 heterocycles. The fraction of sp³-hybridized carbons (Fsp3) is 0.176. The van der Waals surface area contributed by atoms with E-state index in [4.69, 9.17) is 0 Å². The number of halogens is 1. The monoisotopic (exact) mass is 300 g/mol. The van der Waals surface area contributed by atoms with Gasteiger partial charge in [0.25, 0.3) is 0 Å². The number of aromatic amines is 1. The molecule has 21 heavy (non-hydrogen) atoms. The maximum atomic E-state index is 14.2. The lowest BCUT2D eigenvalue weighted by Gasteiger charge is -2.09. The van der Waals surface area contributed by atoms with Crippen molar-refractivity contribution in [2.45, 2.75) is 23.4 Å². The molecule has 108 valence electrons. The number of rotatable bonds is 5. The highest BCUT2D eigenvalue weighted by atomic mass is 32.2. The maximum absolute atomic E-state index is 14.2. The van der Waals surface area contributed by atoms with Crippen LogP contribution in [0.4, 0.5) is 4.39 Å². The molecule has 0 saturated heterocycles. The van der Waals surface area contributed by atoms with Crippen molar-refractivity contribution >= 4 is 22.7 Å². The third kappa shape index (κ3) is 3.12. The second-order valence-corrected chi connectivity index (χ2v) is 5.88. The largest absolute Gasteiger partial charge is 0.349 e. The van der Waals surface area contributed by atoms with E-state index < -0.39 is 0 Å². The molecule has 2 N–H and O–H groups in total. The highest BCUT2D eigenvalue weighted by Gasteiger charge is 2.11. The summed E-state index contributed by atoms with van der Waals surface area (Å²) in [5, 5.41) is 5.35. The van der Waals surface area contributed by atoms with Crippen LogP contribution in [0.2, 0.25) is 0 Å². The van der Waals surface area contributed by atoms with Gasteiger partial charge in [0, 0.05) is 17.4 Å². The average molecular weight is 300 g/mol. The number of H-pyrrole nitrogens is 1. The highest BCUT2D eigenvalue weighted by Crippen LogP contribution is 2.34. The predicted octanol–water partition coefficient (Wildman–Crippen LogP) is 4.57. The third-order valence-electron chi connectivity index (χ3n) is 3.33. The second kappa shape index (κ2) is 6.33. The Labute approximate surface area is 127 Å². The molecule has 0 aliphatic carbocycles. The summed E-state index contributed by atoms with van der Waals surface area (Å²) in [6, 6.07) is 15.4. The summed E-state index contributed by atoms with van der Waals surface area (Å²) in [4.78, 5) is 4.02. The summed E-state index contributed by atoms with van der Waals surface area (Å²) in [5.41, 5.74) is 2.06. The lowest BCUT2D eigenvalue weighted by Crippen LogP contribution is -2.12. The molecule has 0 saturated carbocycles. The molecule has 0 aliphatic rings. The van der Waals surface area contributed by atoms with Crippen molar-refractivity contribution in [2.24, 2.45) is 0 Å². The van der Waals surface area contributed by atoms with E-state index in [2.05, 4.69) is 22.4 Å². The first-order valence-corrected chi connectivity index (χ1v) is 7.83. The summed E-state index contributed by atoms with van der Waals surface area (Å²) in [6.45, 7) is 3.59. The third-order valence-corrected chi connectivity index (χ3v) is 4.43. The molecule has 1 aromatic heterocycles. The Morgan fingerprint density at radius 1 is 1.14 bits per heavy atom. The summed E-state index contributed by atoms with van der Waals surface area (Å²) >= 11 is 1.45. The van der Waals surface area contributed by atoms with Gasteiger partial charge in [0.2, 0.25) is 0 Å². The number of hydrogen-bond acceptors (Lipinski definition) is 2. The first-order valence-electron chi connectivity index (χ1n) is 7.01. The van der Waals surface area contributed by atoms with Gasteiger partial charge in [-0.1, -0.05) is 49.0 Å². The quantitative estimate of drug-likeness (QED) is 0.722. The van der Waals surface area contributed by atoms with Gasteiger partial charge in [-0.15, -0.1) is 0 Å². The number of benzene rings is 2. The zero-order valence-electron chi connectivity index (χ0n) is 11.8. The Bertz CT molecular complexity index is 718. The van der Waals surface area contributed by atoms with Crippen LogP contribution in [0, 0.1) is 5.82 Å². The van der Waals surface area contributed by atoms with Crippen LogP contribution < -0.4 is 5.32 Å². The minimum Gasteiger partial charge on any atom is -0.349 e. The molecule has 0 radical (unpaired) electrons. The van der Waals surface area contributed by atoms with Crippen molar-refractivity contribution in [1.82, 2.24) is 10.3 Å². The Morgan fingerprint density at radius 3 is 2.81 bits per heavy atom. The lowest BCUT2D eigenvalue weighted by molar-refractivity contribution is 0.591. The number of nitrogens with one attached hydrogen (secondary N) is 2. The van der Waals surface area contributed by atoms with E-state index in [1.165, 1.54) is 17.8 Å². The zero-order valence-corrected chi connectivity index (χ0v) is 12.6. The summed E-state index contributed by atoms with van der Waals surface area (Å²) in [6.07, 6.45) is 0. The van der Waals surface area contributed by atoms with E-state index in [9.17, 15) is 4.39 Å². The maximum Gasteiger partial charge on any atom is 0.137 e. The summed E-state index contributed by atoms with van der Waals surface area (Å²) in [5.74, 6) is -0.172. The van der Waals surface area contributed by atoms with Crippen molar-refractivity contribution in [3.05, 3.63) is 59.9 Å². The van der Waals surface area contributed by atoms with Crippen LogP contribution in [0.25, 0.3) is 10.9 Å². The van der Waals surface area contributed by atoms with Crippen molar-refractivity contribution in [2.75, 3.05) is 6.54 Å². The van der Waals surface area contributed by atoms with Crippen LogP contribution in [0.1, 0.15) is 12.5 Å². The molecule has 0 amide bonds. The van der Waals surface area contributed by atoms with E-state index in [-0.39, 0.29) is 5.82 Å². The van der Waals surface area contributed by atoms with E-state index in [0.29, 0.717) is 11.4 Å². The van der Waals surface area contributed by atoms with Crippen molar-refractivity contribution in [3.8, 4) is 0 Å². The minimum atomic E-state index is -0.172. The molecule has 0 aliphatic heterocycles. The zero-order chi connectivity index (χ0) is 14.7. The van der Waals surface area contributed by atoms with Gasteiger partial charge in [0.15, 0.2) is 0 Å². The molecule has 0 atom stereocenters. The smallest absolute Gasteiger partial charge is 0.137 e. The first kappa shape index (κ1) is 14.2. The van der Waals surface area contributed by atoms with E-state index in [1.807, 2.05) is 31.2 Å². The molecule has 0 unspecified atom stereocenters. The SMILES string of the molecule is CCNCc1cccc(F)c1Sc1cc2ccccc2[nH]1. The number of aromatic nitrogens is 1. The van der Waals surface area contributed by atoms with Crippen LogP contribution in [0.5, 0.6) is 0 Å². The van der Waals surface area contributed by atoms with E-state index >= 15 is 0 Å². The molecule has 0 spiro atoms. The van der Waals surface area contributed by atoms with Gasteiger partial charge in [0.1, 0.15) is 5.82 Å². The van der Waals surface area contributed by atoms with Gasteiger partial charge in [-0.2, -0.15) is 0 Å². The van der Waals surface area contributed by atoms with Gasteiger partial charge >= 0.3 is 0 Å². The van der Waals surface area contributed by atoms with Gasteiger partial charge in [-0.3, -0.25) is 0 Å². The molecular formula is C17H17FN2S. The topological polar surface area (TPSA) is 27.8 Å². The lowest BCUT2D eigenvalue weighted by atomic mass is 10.2. The Morgan fingerprint density at radius 2 is 2.00 bits per heavy atom. The fourth-order valence-electron chi connectivity index (χ4n) is 2.28. The molecular weight excluding hydrogens is 283 g/mol. The summed E-state index contributed by atoms with van der Waals surface area (Å²) < 4.78 is 14.2. The number of hydrogen-bond donors (Lipinski definition) is 2. The van der Waals surface area contributed by atoms with Crippen LogP contribution in [0.15, 0.2) is 58.5 Å². The highest BCUT2D eigenvalue weighted by molar-refractivity contribution is 7.99. The second-order valence-electron chi connectivity index (χ2n) is 4.83. The Balaban J connectivity index is 1.93. The van der Waals surface area contributed by atoms with Crippen LogP contribution in [-0.2, 0) is 6.54 Å². The fourth-order valence-corrected chi connectivity index (χ4v) is 3.28. The summed E-state index contributed by atoms with van der Waals surface area (Å²) in [7, 11) is 0. The number of para-hydroxylation sites is 1. The minimum absolute atomic E-state index is 0.172. The molecule has 4 heteroatoms. The van der Waals surface area contributed by atoms with E-state index in [1.54, 1.807) is 6.07 Å². The normalized spacial score (nSPS) is 11.1. The molecule has 2 nitrogen and oxygen atoms in total. The van der Waals surface area contributed by atoms with E-state index in [0.717, 1.165) is 28.0 Å². The molecule has 0 fully saturated rings. The predicted molar refractivity (Wildman–Crippen MR) is 86.2 cm³/mol. The van der Waals surface area contributed by atoms with Crippen molar-refractivity contribution in [3.63, 3.8) is 0 Å². The standard InChI is InChI=1S/C17H17FN2S/c1-2-19-11-13-7-5-8-14(18)17(13)21-16-10-12-6-3-4-9-15(12)20-16/h3-10,19-20H,2,11H2,1H3. The Hall–Kier alpha value is -1.78. The van der Waals surface area contributed by atoms with Gasteiger partial charge in [-0.25, -0.2) is 4.39 Å². The van der Waals surface area contributed by atoms with Crippen LogP contribution in [-0.4, -0.2) is 11.5 Å². The van der Waals surface area contributed by atoms with Crippen LogP contribution in [0.3, 0.4) is 0 Å².